The van der Waals surface area contributed by atoms with E-state index in [9.17, 15) is 9.59 Å². The molecule has 2 N–H and O–H groups in total. The summed E-state index contributed by atoms with van der Waals surface area (Å²) in [6.07, 6.45) is 3.55. The highest BCUT2D eigenvalue weighted by molar-refractivity contribution is 7.07. The third-order valence-corrected chi connectivity index (χ3v) is 5.89. The number of pyridine rings is 1. The lowest BCUT2D eigenvalue weighted by Crippen LogP contribution is -2.40. The lowest BCUT2D eigenvalue weighted by atomic mass is 10.2. The maximum absolute atomic E-state index is 12.7. The molecule has 3 aromatic heterocycles. The van der Waals surface area contributed by atoms with Crippen LogP contribution in [0.2, 0.25) is 0 Å². The first-order valence-electron chi connectivity index (χ1n) is 9.92. The third-order valence-electron chi connectivity index (χ3n) is 5.25. The van der Waals surface area contributed by atoms with Crippen LogP contribution in [0.5, 0.6) is 0 Å². The molecule has 2 amide bonds. The summed E-state index contributed by atoms with van der Waals surface area (Å²) in [5.41, 5.74) is 4.68. The number of para-hydroxylation sites is 1. The Bertz CT molecular complexity index is 1250. The van der Waals surface area contributed by atoms with Crippen molar-refractivity contribution in [3.63, 3.8) is 0 Å². The van der Waals surface area contributed by atoms with Crippen molar-refractivity contribution in [2.24, 2.45) is 0 Å². The fraction of sp³-hybridized carbons (Fsp3) is 0.182. The van der Waals surface area contributed by atoms with Gasteiger partial charge >= 0.3 is 0 Å². The molecule has 31 heavy (non-hydrogen) atoms. The van der Waals surface area contributed by atoms with Gasteiger partial charge < -0.3 is 20.1 Å². The topological polar surface area (TPSA) is 92.2 Å². The number of anilines is 2. The molecule has 0 spiro atoms. The molecule has 1 aliphatic rings. The SMILES string of the molecule is O=C(NCCn1ccc2ccccc21)c1cnc2c(c1)N(Cc1cscn1)C(=O)CN2. The second-order valence-corrected chi connectivity index (χ2v) is 7.95. The van der Waals surface area contributed by atoms with Crippen molar-refractivity contribution in [3.05, 3.63) is 70.9 Å². The van der Waals surface area contributed by atoms with Crippen LogP contribution in [0.25, 0.3) is 10.9 Å². The largest absolute Gasteiger partial charge is 0.359 e. The minimum atomic E-state index is -0.224. The van der Waals surface area contributed by atoms with Gasteiger partial charge in [-0.25, -0.2) is 9.97 Å². The number of amides is 2. The van der Waals surface area contributed by atoms with Crippen LogP contribution in [0.4, 0.5) is 11.5 Å². The van der Waals surface area contributed by atoms with E-state index in [1.54, 1.807) is 16.5 Å². The summed E-state index contributed by atoms with van der Waals surface area (Å²) in [4.78, 5) is 35.5. The van der Waals surface area contributed by atoms with Gasteiger partial charge in [-0.1, -0.05) is 18.2 Å². The molecule has 156 valence electrons. The van der Waals surface area contributed by atoms with Gasteiger partial charge in [-0.3, -0.25) is 9.59 Å². The van der Waals surface area contributed by atoms with Crippen LogP contribution >= 0.6 is 11.3 Å². The van der Waals surface area contributed by atoms with Crippen molar-refractivity contribution in [1.82, 2.24) is 19.9 Å². The predicted molar refractivity (Wildman–Crippen MR) is 120 cm³/mol. The van der Waals surface area contributed by atoms with Gasteiger partial charge in [-0.05, 0) is 23.6 Å². The maximum Gasteiger partial charge on any atom is 0.252 e. The second-order valence-electron chi connectivity index (χ2n) is 7.23. The average molecular weight is 433 g/mol. The van der Waals surface area contributed by atoms with E-state index >= 15 is 0 Å². The van der Waals surface area contributed by atoms with E-state index < -0.39 is 0 Å². The second kappa shape index (κ2) is 8.19. The first-order valence-corrected chi connectivity index (χ1v) is 10.9. The Morgan fingerprint density at radius 1 is 1.23 bits per heavy atom. The minimum absolute atomic E-state index is 0.0839. The fourth-order valence-electron chi connectivity index (χ4n) is 3.69. The van der Waals surface area contributed by atoms with Crippen LogP contribution in [0.1, 0.15) is 16.1 Å². The quantitative estimate of drug-likeness (QED) is 0.489. The number of fused-ring (bicyclic) bond motifs is 2. The van der Waals surface area contributed by atoms with Gasteiger partial charge in [-0.2, -0.15) is 0 Å². The third kappa shape index (κ3) is 3.87. The van der Waals surface area contributed by atoms with Crippen molar-refractivity contribution >= 4 is 45.6 Å². The zero-order valence-corrected chi connectivity index (χ0v) is 17.4. The number of nitrogens with one attached hydrogen (secondary N) is 2. The number of hydrogen-bond donors (Lipinski definition) is 2. The highest BCUT2D eigenvalue weighted by Crippen LogP contribution is 2.29. The van der Waals surface area contributed by atoms with E-state index in [0.717, 1.165) is 11.2 Å². The molecule has 8 nitrogen and oxygen atoms in total. The summed E-state index contributed by atoms with van der Waals surface area (Å²) in [5, 5.41) is 9.04. The first kappa shape index (κ1) is 19.3. The molecule has 0 radical (unpaired) electrons. The lowest BCUT2D eigenvalue weighted by molar-refractivity contribution is -0.117. The Morgan fingerprint density at radius 2 is 2.13 bits per heavy atom. The van der Waals surface area contributed by atoms with Gasteiger partial charge in [0.2, 0.25) is 5.91 Å². The highest BCUT2D eigenvalue weighted by Gasteiger charge is 2.26. The Morgan fingerprint density at radius 3 is 3.00 bits per heavy atom. The van der Waals surface area contributed by atoms with Crippen molar-refractivity contribution in [2.45, 2.75) is 13.1 Å². The summed E-state index contributed by atoms with van der Waals surface area (Å²) < 4.78 is 2.11. The molecule has 4 heterocycles. The van der Waals surface area contributed by atoms with E-state index in [0.29, 0.717) is 36.7 Å². The standard InChI is InChI=1S/C22H20N6O2S/c29-20-11-25-21-19(28(20)12-17-13-31-14-26-17)9-16(10-24-21)22(30)23-6-8-27-7-5-15-3-1-2-4-18(15)27/h1-5,7,9-10,13-14H,6,8,11-12H2,(H,23,30)(H,24,25). The van der Waals surface area contributed by atoms with E-state index in [2.05, 4.69) is 43.4 Å². The van der Waals surface area contributed by atoms with Crippen LogP contribution in [0.15, 0.2) is 59.7 Å². The molecule has 4 aromatic rings. The predicted octanol–water partition coefficient (Wildman–Crippen LogP) is 2.88. The lowest BCUT2D eigenvalue weighted by Gasteiger charge is -2.29. The minimum Gasteiger partial charge on any atom is -0.359 e. The van der Waals surface area contributed by atoms with Gasteiger partial charge in [0.15, 0.2) is 5.82 Å². The number of hydrogen-bond acceptors (Lipinski definition) is 6. The summed E-state index contributed by atoms with van der Waals surface area (Å²) in [6, 6.07) is 11.9. The Balaban J connectivity index is 1.29. The van der Waals surface area contributed by atoms with E-state index in [-0.39, 0.29) is 18.4 Å². The number of aromatic nitrogens is 3. The molecular weight excluding hydrogens is 412 g/mol. The van der Waals surface area contributed by atoms with Gasteiger partial charge in [0, 0.05) is 36.4 Å². The zero-order valence-electron chi connectivity index (χ0n) is 16.6. The number of rotatable bonds is 6. The van der Waals surface area contributed by atoms with Crippen LogP contribution in [-0.4, -0.2) is 39.4 Å². The Kier molecular flexibility index (Phi) is 5.09. The van der Waals surface area contributed by atoms with Gasteiger partial charge in [0.05, 0.1) is 35.5 Å². The molecule has 0 saturated carbocycles. The van der Waals surface area contributed by atoms with Crippen molar-refractivity contribution in [2.75, 3.05) is 23.3 Å². The highest BCUT2D eigenvalue weighted by atomic mass is 32.1. The molecule has 5 rings (SSSR count). The molecule has 0 aliphatic carbocycles. The van der Waals surface area contributed by atoms with E-state index in [4.69, 9.17) is 0 Å². The molecule has 1 aromatic carbocycles. The van der Waals surface area contributed by atoms with Crippen LogP contribution in [0.3, 0.4) is 0 Å². The van der Waals surface area contributed by atoms with Crippen molar-refractivity contribution in [3.8, 4) is 0 Å². The van der Waals surface area contributed by atoms with Crippen LogP contribution < -0.4 is 15.5 Å². The fourth-order valence-corrected chi connectivity index (χ4v) is 4.24. The summed E-state index contributed by atoms with van der Waals surface area (Å²) in [6.45, 7) is 1.66. The molecule has 0 unspecified atom stereocenters. The Labute approximate surface area is 182 Å². The molecule has 1 aliphatic heterocycles. The summed E-state index contributed by atoms with van der Waals surface area (Å²) >= 11 is 1.48. The molecular formula is C22H20N6O2S. The monoisotopic (exact) mass is 432 g/mol. The zero-order chi connectivity index (χ0) is 21.2. The number of nitrogens with zero attached hydrogens (tertiary/aromatic N) is 4. The number of carbonyl (C=O) groups is 2. The van der Waals surface area contributed by atoms with Crippen molar-refractivity contribution in [1.29, 1.82) is 0 Å². The molecule has 0 atom stereocenters. The summed E-state index contributed by atoms with van der Waals surface area (Å²) in [5.74, 6) is 0.280. The number of thiazole rings is 1. The number of benzene rings is 1. The maximum atomic E-state index is 12.7. The Hall–Kier alpha value is -3.72. The number of carbonyl (C=O) groups excluding carboxylic acids is 2. The van der Waals surface area contributed by atoms with Gasteiger partial charge in [0.1, 0.15) is 0 Å². The first-order chi connectivity index (χ1) is 15.2. The van der Waals surface area contributed by atoms with Gasteiger partial charge in [-0.15, -0.1) is 11.3 Å². The van der Waals surface area contributed by atoms with Crippen LogP contribution in [-0.2, 0) is 17.9 Å². The van der Waals surface area contributed by atoms with Crippen LogP contribution in [0, 0.1) is 0 Å². The van der Waals surface area contributed by atoms with Gasteiger partial charge in [0.25, 0.3) is 5.91 Å². The van der Waals surface area contributed by atoms with E-state index in [1.807, 2.05) is 23.7 Å². The molecule has 9 heteroatoms. The normalized spacial score (nSPS) is 13.2. The smallest absolute Gasteiger partial charge is 0.252 e. The van der Waals surface area contributed by atoms with E-state index in [1.165, 1.54) is 22.9 Å². The summed E-state index contributed by atoms with van der Waals surface area (Å²) in [7, 11) is 0. The van der Waals surface area contributed by atoms with Crippen molar-refractivity contribution < 1.29 is 9.59 Å². The molecule has 0 bridgehead atoms. The molecule has 0 saturated heterocycles. The molecule has 0 fully saturated rings. The average Bonchev–Trinajstić information content (AvgIpc) is 3.45.